The average Bonchev–Trinajstić information content (AvgIpc) is 2.85. The highest BCUT2D eigenvalue weighted by Gasteiger charge is 2.59. The van der Waals surface area contributed by atoms with E-state index in [2.05, 4.69) is 19.7 Å². The Kier molecular flexibility index (Phi) is 7.10. The fourth-order valence-electron chi connectivity index (χ4n) is 4.41. The number of rotatable bonds is 7. The fourth-order valence-corrected chi connectivity index (χ4v) is 6.08. The van der Waals surface area contributed by atoms with Gasteiger partial charge in [-0.3, -0.25) is 0 Å². The first-order valence-electron chi connectivity index (χ1n) is 11.6. The van der Waals surface area contributed by atoms with Gasteiger partial charge >= 0.3 is 0 Å². The van der Waals surface area contributed by atoms with E-state index >= 15 is 0 Å². The molecule has 0 spiro atoms. The van der Waals surface area contributed by atoms with Gasteiger partial charge < -0.3 is 9.84 Å². The zero-order valence-electron chi connectivity index (χ0n) is 20.3. The van der Waals surface area contributed by atoms with Gasteiger partial charge in [0, 0.05) is 30.5 Å². The third-order valence-electron chi connectivity index (χ3n) is 6.85. The van der Waals surface area contributed by atoms with Crippen molar-refractivity contribution in [1.82, 2.24) is 14.7 Å². The number of ether oxygens (including phenoxy) is 1. The minimum atomic E-state index is -4.03. The van der Waals surface area contributed by atoms with Gasteiger partial charge in [0.25, 0.3) is 6.02 Å². The van der Waals surface area contributed by atoms with Gasteiger partial charge in [-0.1, -0.05) is 36.4 Å². The van der Waals surface area contributed by atoms with Crippen LogP contribution in [-0.4, -0.2) is 48.3 Å². The number of sulfonamides is 1. The molecule has 2 unspecified atom stereocenters. The van der Waals surface area contributed by atoms with Crippen LogP contribution >= 0.6 is 0 Å². The van der Waals surface area contributed by atoms with Crippen molar-refractivity contribution < 1.29 is 22.7 Å². The van der Waals surface area contributed by atoms with E-state index in [0.717, 1.165) is 11.1 Å². The number of halogens is 1. The number of aromatic nitrogens is 2. The SMILES string of the molecule is CC1(C)OC(=NCC(CCO)c2ccccc2F)NS(=O)(=O)C1(C)c1cccc(-c2cncnc2)c1. The molecule has 4 rings (SSSR count). The standard InChI is InChI=1S/C26H29FN4O4S/c1-25(2)26(3,21-8-6-7-18(13-21)20-14-28-17-29-15-20)36(33,34)31-24(35-25)30-16-19(11-12-32)22-9-4-5-10-23(22)27/h4-10,13-15,17,19,32H,11-12,16H2,1-3H3,(H,30,31). The van der Waals surface area contributed by atoms with E-state index in [4.69, 9.17) is 4.74 Å². The second-order valence-corrected chi connectivity index (χ2v) is 11.4. The molecule has 36 heavy (non-hydrogen) atoms. The Bertz CT molecular complexity index is 1370. The number of aliphatic hydroxyl groups excluding tert-OH is 1. The molecule has 0 aliphatic carbocycles. The Morgan fingerprint density at radius 1 is 1.08 bits per heavy atom. The summed E-state index contributed by atoms with van der Waals surface area (Å²) < 4.78 is 48.8. The molecule has 2 atom stereocenters. The van der Waals surface area contributed by atoms with Gasteiger partial charge in [-0.25, -0.2) is 32.5 Å². The molecule has 0 bridgehead atoms. The maximum absolute atomic E-state index is 14.3. The van der Waals surface area contributed by atoms with Gasteiger partial charge in [0.15, 0.2) is 4.75 Å². The van der Waals surface area contributed by atoms with Gasteiger partial charge in [0.2, 0.25) is 10.0 Å². The second kappa shape index (κ2) is 9.94. The smallest absolute Gasteiger partial charge is 0.299 e. The minimum Gasteiger partial charge on any atom is -0.456 e. The average molecular weight is 513 g/mol. The number of benzene rings is 2. The first-order chi connectivity index (χ1) is 17.1. The Labute approximate surface area is 210 Å². The summed E-state index contributed by atoms with van der Waals surface area (Å²) in [4.78, 5) is 12.4. The predicted octanol–water partition coefficient (Wildman–Crippen LogP) is 3.75. The first kappa shape index (κ1) is 25.7. The van der Waals surface area contributed by atoms with Crippen LogP contribution in [0.3, 0.4) is 0 Å². The summed E-state index contributed by atoms with van der Waals surface area (Å²) in [6.07, 6.45) is 5.01. The molecular weight excluding hydrogens is 483 g/mol. The molecule has 2 heterocycles. The van der Waals surface area contributed by atoms with Crippen molar-refractivity contribution in [2.24, 2.45) is 4.99 Å². The van der Waals surface area contributed by atoms with E-state index in [-0.39, 0.29) is 25.6 Å². The van der Waals surface area contributed by atoms with E-state index in [1.807, 2.05) is 6.07 Å². The molecule has 3 aromatic rings. The van der Waals surface area contributed by atoms with Crippen LogP contribution in [-0.2, 0) is 19.5 Å². The number of nitrogens with zero attached hydrogens (tertiary/aromatic N) is 3. The van der Waals surface area contributed by atoms with Gasteiger partial charge in [-0.15, -0.1) is 0 Å². The highest BCUT2D eigenvalue weighted by Crippen LogP contribution is 2.45. The van der Waals surface area contributed by atoms with E-state index in [1.54, 1.807) is 69.6 Å². The minimum absolute atomic E-state index is 0.0373. The Morgan fingerprint density at radius 2 is 1.81 bits per heavy atom. The summed E-state index contributed by atoms with van der Waals surface area (Å²) in [6, 6.07) is 13.3. The van der Waals surface area contributed by atoms with Crippen molar-refractivity contribution in [2.45, 2.75) is 43.5 Å². The topological polar surface area (TPSA) is 114 Å². The maximum Gasteiger partial charge on any atom is 0.299 e. The number of nitrogens with one attached hydrogen (secondary N) is 1. The second-order valence-electron chi connectivity index (χ2n) is 9.34. The van der Waals surface area contributed by atoms with Gasteiger partial charge in [-0.05, 0) is 56.0 Å². The van der Waals surface area contributed by atoms with Crippen LogP contribution in [0.25, 0.3) is 11.1 Å². The molecule has 0 amide bonds. The summed E-state index contributed by atoms with van der Waals surface area (Å²) in [5.41, 5.74) is 1.25. The van der Waals surface area contributed by atoms with Crippen molar-refractivity contribution in [1.29, 1.82) is 0 Å². The summed E-state index contributed by atoms with van der Waals surface area (Å²) in [5.74, 6) is -0.851. The maximum atomic E-state index is 14.3. The van der Waals surface area contributed by atoms with E-state index in [9.17, 15) is 17.9 Å². The molecule has 190 valence electrons. The summed E-state index contributed by atoms with van der Waals surface area (Å²) >= 11 is 0. The number of hydrogen-bond acceptors (Lipinski definition) is 7. The van der Waals surface area contributed by atoms with Crippen LogP contribution in [0, 0.1) is 5.82 Å². The molecule has 10 heteroatoms. The Hall–Kier alpha value is -3.37. The normalized spacial score (nSPS) is 22.4. The molecule has 1 saturated heterocycles. The lowest BCUT2D eigenvalue weighted by molar-refractivity contribution is 0.0386. The monoisotopic (exact) mass is 512 g/mol. The molecule has 0 saturated carbocycles. The number of hydrogen-bond donors (Lipinski definition) is 2. The molecule has 2 N–H and O–H groups in total. The Morgan fingerprint density at radius 3 is 2.47 bits per heavy atom. The van der Waals surface area contributed by atoms with Crippen LogP contribution in [0.2, 0.25) is 0 Å². The Balaban J connectivity index is 1.66. The van der Waals surface area contributed by atoms with Gasteiger partial charge in [-0.2, -0.15) is 0 Å². The van der Waals surface area contributed by atoms with Crippen LogP contribution < -0.4 is 4.72 Å². The van der Waals surface area contributed by atoms with Crippen molar-refractivity contribution in [2.75, 3.05) is 13.2 Å². The van der Waals surface area contributed by atoms with Crippen LogP contribution in [0.4, 0.5) is 4.39 Å². The van der Waals surface area contributed by atoms with Gasteiger partial charge in [0.1, 0.15) is 17.7 Å². The largest absolute Gasteiger partial charge is 0.456 e. The van der Waals surface area contributed by atoms with Crippen molar-refractivity contribution in [3.8, 4) is 11.1 Å². The summed E-state index contributed by atoms with van der Waals surface area (Å²) in [5, 5.41) is 9.47. The van der Waals surface area contributed by atoms with Crippen LogP contribution in [0.15, 0.2) is 72.2 Å². The lowest BCUT2D eigenvalue weighted by atomic mass is 9.84. The zero-order chi connectivity index (χ0) is 26.0. The molecular formula is C26H29FN4O4S. The number of amidine groups is 1. The lowest BCUT2D eigenvalue weighted by Gasteiger charge is -2.47. The summed E-state index contributed by atoms with van der Waals surface area (Å²) in [6.45, 7) is 4.88. The number of aliphatic imine (C=N–C) groups is 1. The van der Waals surface area contributed by atoms with E-state index < -0.39 is 32.1 Å². The third-order valence-corrected chi connectivity index (χ3v) is 9.09. The molecule has 1 aromatic heterocycles. The van der Waals surface area contributed by atoms with Crippen LogP contribution in [0.1, 0.15) is 44.2 Å². The first-order valence-corrected chi connectivity index (χ1v) is 13.0. The number of aliphatic hydroxyl groups is 1. The molecule has 1 aliphatic heterocycles. The summed E-state index contributed by atoms with van der Waals surface area (Å²) in [7, 11) is -4.03. The van der Waals surface area contributed by atoms with Crippen molar-refractivity contribution in [3.63, 3.8) is 0 Å². The highest BCUT2D eigenvalue weighted by atomic mass is 32.2. The van der Waals surface area contributed by atoms with E-state index in [0.29, 0.717) is 11.1 Å². The van der Waals surface area contributed by atoms with Crippen molar-refractivity contribution >= 4 is 16.0 Å². The lowest BCUT2D eigenvalue weighted by Crippen LogP contribution is -2.63. The van der Waals surface area contributed by atoms with Crippen molar-refractivity contribution in [3.05, 3.63) is 84.2 Å². The van der Waals surface area contributed by atoms with E-state index in [1.165, 1.54) is 12.4 Å². The zero-order valence-corrected chi connectivity index (χ0v) is 21.2. The molecule has 1 fully saturated rings. The molecule has 0 radical (unpaired) electrons. The molecule has 1 aliphatic rings. The fraction of sp³-hybridized carbons (Fsp3) is 0.346. The third kappa shape index (κ3) is 4.70. The molecule has 8 nitrogen and oxygen atoms in total. The van der Waals surface area contributed by atoms with Gasteiger partial charge in [0.05, 0.1) is 6.54 Å². The quantitative estimate of drug-likeness (QED) is 0.499. The highest BCUT2D eigenvalue weighted by molar-refractivity contribution is 7.91. The predicted molar refractivity (Wildman–Crippen MR) is 135 cm³/mol. The molecule has 2 aromatic carbocycles. The van der Waals surface area contributed by atoms with Crippen LogP contribution in [0.5, 0.6) is 0 Å².